The van der Waals surface area contributed by atoms with Gasteiger partial charge in [0.2, 0.25) is 0 Å². The van der Waals surface area contributed by atoms with Crippen molar-refractivity contribution in [2.24, 2.45) is 4.99 Å². The van der Waals surface area contributed by atoms with Crippen LogP contribution in [0.1, 0.15) is 25.7 Å². The van der Waals surface area contributed by atoms with E-state index in [0.717, 1.165) is 25.6 Å². The first-order valence-electron chi connectivity index (χ1n) is 7.62. The number of likely N-dealkylation sites (N-methyl/N-ethyl adjacent to an activating group) is 1. The predicted octanol–water partition coefficient (Wildman–Crippen LogP) is 1.86. The highest BCUT2D eigenvalue weighted by atomic mass is 127. The summed E-state index contributed by atoms with van der Waals surface area (Å²) in [6, 6.07) is 0. The Hall–Kier alpha value is 0.310. The molecule has 0 aromatic heterocycles. The molecule has 3 aliphatic rings. The van der Waals surface area contributed by atoms with Gasteiger partial charge in [-0.15, -0.1) is 24.0 Å². The fraction of sp³-hybridized carbons (Fsp3) is 0.929. The smallest absolute Gasteiger partial charge is 0.193 e. The van der Waals surface area contributed by atoms with E-state index in [1.807, 2.05) is 0 Å². The summed E-state index contributed by atoms with van der Waals surface area (Å²) in [6.07, 6.45) is 5.52. The van der Waals surface area contributed by atoms with E-state index in [0.29, 0.717) is 5.54 Å². The van der Waals surface area contributed by atoms with Crippen LogP contribution in [-0.4, -0.2) is 72.6 Å². The van der Waals surface area contributed by atoms with Crippen LogP contribution in [0.15, 0.2) is 4.99 Å². The number of halogens is 1. The SMILES string of the molecule is CN1CCN=C1NCC1(N2CCSCC2)CCCC1.I. The van der Waals surface area contributed by atoms with Crippen LogP contribution in [0.4, 0.5) is 0 Å². The molecule has 0 amide bonds. The Labute approximate surface area is 144 Å². The van der Waals surface area contributed by atoms with E-state index in [1.165, 1.54) is 50.3 Å². The first-order chi connectivity index (χ1) is 9.30. The van der Waals surface area contributed by atoms with Crippen LogP contribution >= 0.6 is 35.7 Å². The fourth-order valence-electron chi connectivity index (χ4n) is 3.64. The second kappa shape index (κ2) is 7.54. The van der Waals surface area contributed by atoms with Gasteiger partial charge in [0, 0.05) is 50.3 Å². The highest BCUT2D eigenvalue weighted by Gasteiger charge is 2.40. The summed E-state index contributed by atoms with van der Waals surface area (Å²) in [6.45, 7) is 5.64. The maximum atomic E-state index is 4.56. The van der Waals surface area contributed by atoms with Crippen LogP contribution in [0.25, 0.3) is 0 Å². The van der Waals surface area contributed by atoms with E-state index in [1.54, 1.807) is 0 Å². The quantitative estimate of drug-likeness (QED) is 0.720. The van der Waals surface area contributed by atoms with E-state index in [-0.39, 0.29) is 24.0 Å². The largest absolute Gasteiger partial charge is 0.354 e. The van der Waals surface area contributed by atoms with Gasteiger partial charge in [-0.1, -0.05) is 12.8 Å². The minimum atomic E-state index is 0. The van der Waals surface area contributed by atoms with Crippen molar-refractivity contribution in [1.29, 1.82) is 0 Å². The van der Waals surface area contributed by atoms with Gasteiger partial charge in [0.15, 0.2) is 5.96 Å². The molecule has 20 heavy (non-hydrogen) atoms. The molecule has 1 N–H and O–H groups in total. The summed E-state index contributed by atoms with van der Waals surface area (Å²) in [5, 5.41) is 3.64. The molecule has 1 saturated carbocycles. The molecule has 4 nitrogen and oxygen atoms in total. The van der Waals surface area contributed by atoms with Gasteiger partial charge in [-0.05, 0) is 12.8 Å². The van der Waals surface area contributed by atoms with Gasteiger partial charge in [0.25, 0.3) is 0 Å². The second-order valence-electron chi connectivity index (χ2n) is 6.01. The number of rotatable bonds is 3. The lowest BCUT2D eigenvalue weighted by atomic mass is 9.94. The molecule has 2 aliphatic heterocycles. The van der Waals surface area contributed by atoms with E-state index in [9.17, 15) is 0 Å². The molecule has 6 heteroatoms. The summed E-state index contributed by atoms with van der Waals surface area (Å²) in [5.41, 5.74) is 0.410. The number of thioether (sulfide) groups is 1. The Morgan fingerprint density at radius 3 is 2.50 bits per heavy atom. The maximum Gasteiger partial charge on any atom is 0.193 e. The molecule has 0 aromatic carbocycles. The zero-order valence-corrected chi connectivity index (χ0v) is 15.6. The molecule has 0 radical (unpaired) electrons. The summed E-state index contributed by atoms with van der Waals surface area (Å²) in [5.74, 6) is 3.73. The van der Waals surface area contributed by atoms with Gasteiger partial charge in [-0.2, -0.15) is 11.8 Å². The Balaban J connectivity index is 0.00000147. The molecule has 3 rings (SSSR count). The molecule has 2 fully saturated rings. The third kappa shape index (κ3) is 3.55. The summed E-state index contributed by atoms with van der Waals surface area (Å²) < 4.78 is 0. The Morgan fingerprint density at radius 2 is 1.90 bits per heavy atom. The van der Waals surface area contributed by atoms with E-state index >= 15 is 0 Å². The number of nitrogens with one attached hydrogen (secondary N) is 1. The Kier molecular flexibility index (Phi) is 6.28. The summed E-state index contributed by atoms with van der Waals surface area (Å²) in [7, 11) is 2.14. The minimum Gasteiger partial charge on any atom is -0.354 e. The average Bonchev–Trinajstić information content (AvgIpc) is 3.07. The van der Waals surface area contributed by atoms with Crippen molar-refractivity contribution in [3.63, 3.8) is 0 Å². The molecular weight excluding hydrogens is 383 g/mol. The third-order valence-electron chi connectivity index (χ3n) is 4.85. The minimum absolute atomic E-state index is 0. The van der Waals surface area contributed by atoms with Crippen molar-refractivity contribution < 1.29 is 0 Å². The van der Waals surface area contributed by atoms with Gasteiger partial charge in [0.1, 0.15) is 0 Å². The topological polar surface area (TPSA) is 30.9 Å². The first kappa shape index (κ1) is 16.7. The van der Waals surface area contributed by atoms with Crippen molar-refractivity contribution in [1.82, 2.24) is 15.1 Å². The Bertz CT molecular complexity index is 338. The number of nitrogens with zero attached hydrogens (tertiary/aromatic N) is 3. The van der Waals surface area contributed by atoms with Crippen molar-refractivity contribution >= 4 is 41.7 Å². The van der Waals surface area contributed by atoms with Crippen LogP contribution in [0, 0.1) is 0 Å². The zero-order valence-electron chi connectivity index (χ0n) is 12.4. The number of aliphatic imine (C=N–C) groups is 1. The molecule has 1 aliphatic carbocycles. The highest BCUT2D eigenvalue weighted by molar-refractivity contribution is 14.0. The molecule has 0 aromatic rings. The molecule has 0 unspecified atom stereocenters. The van der Waals surface area contributed by atoms with Gasteiger partial charge in [-0.25, -0.2) is 0 Å². The standard InChI is InChI=1S/C14H26N4S.HI/c1-17-7-6-15-13(17)16-12-14(4-2-3-5-14)18-8-10-19-11-9-18;/h2-12H2,1H3,(H,15,16);1H. The number of hydrogen-bond donors (Lipinski definition) is 1. The number of guanidine groups is 1. The van der Waals surface area contributed by atoms with E-state index in [2.05, 4.69) is 38.9 Å². The van der Waals surface area contributed by atoms with Crippen molar-refractivity contribution in [3.05, 3.63) is 0 Å². The highest BCUT2D eigenvalue weighted by Crippen LogP contribution is 2.36. The predicted molar refractivity (Wildman–Crippen MR) is 98.4 cm³/mol. The van der Waals surface area contributed by atoms with Gasteiger partial charge >= 0.3 is 0 Å². The molecule has 116 valence electrons. The fourth-order valence-corrected chi connectivity index (χ4v) is 4.55. The van der Waals surface area contributed by atoms with Crippen LogP contribution in [0.5, 0.6) is 0 Å². The van der Waals surface area contributed by atoms with Crippen molar-refractivity contribution in [3.8, 4) is 0 Å². The Morgan fingerprint density at radius 1 is 1.20 bits per heavy atom. The summed E-state index contributed by atoms with van der Waals surface area (Å²) >= 11 is 2.11. The third-order valence-corrected chi connectivity index (χ3v) is 5.79. The lowest BCUT2D eigenvalue weighted by Crippen LogP contribution is -2.57. The van der Waals surface area contributed by atoms with Gasteiger partial charge < -0.3 is 10.2 Å². The van der Waals surface area contributed by atoms with Crippen LogP contribution in [0.3, 0.4) is 0 Å². The van der Waals surface area contributed by atoms with Crippen LogP contribution < -0.4 is 5.32 Å². The average molecular weight is 410 g/mol. The summed E-state index contributed by atoms with van der Waals surface area (Å²) in [4.78, 5) is 9.57. The second-order valence-corrected chi connectivity index (χ2v) is 7.24. The lowest BCUT2D eigenvalue weighted by molar-refractivity contribution is 0.107. The molecule has 1 saturated heterocycles. The number of hydrogen-bond acceptors (Lipinski definition) is 5. The van der Waals surface area contributed by atoms with Crippen LogP contribution in [-0.2, 0) is 0 Å². The lowest BCUT2D eigenvalue weighted by Gasteiger charge is -2.43. The van der Waals surface area contributed by atoms with Crippen molar-refractivity contribution in [2.75, 3.05) is 51.3 Å². The molecule has 0 atom stereocenters. The maximum absolute atomic E-state index is 4.56. The molecule has 2 heterocycles. The van der Waals surface area contributed by atoms with E-state index in [4.69, 9.17) is 0 Å². The first-order valence-corrected chi connectivity index (χ1v) is 8.78. The van der Waals surface area contributed by atoms with E-state index < -0.39 is 0 Å². The molecule has 0 bridgehead atoms. The van der Waals surface area contributed by atoms with Crippen LogP contribution in [0.2, 0.25) is 0 Å². The van der Waals surface area contributed by atoms with Crippen molar-refractivity contribution in [2.45, 2.75) is 31.2 Å². The zero-order chi connectivity index (χ0) is 13.1. The molecular formula is C14H27IN4S. The normalized spacial score (nSPS) is 26.2. The molecule has 0 spiro atoms. The monoisotopic (exact) mass is 410 g/mol. The van der Waals surface area contributed by atoms with Gasteiger partial charge in [0.05, 0.1) is 6.54 Å². The van der Waals surface area contributed by atoms with Gasteiger partial charge in [-0.3, -0.25) is 9.89 Å².